The molecule has 124 valence electrons. The highest BCUT2D eigenvalue weighted by atomic mass is 16.6. The van der Waals surface area contributed by atoms with Crippen molar-refractivity contribution in [1.82, 2.24) is 0 Å². The molecule has 0 unspecified atom stereocenters. The number of benzene rings is 3. The third-order valence-corrected chi connectivity index (χ3v) is 4.37. The van der Waals surface area contributed by atoms with Gasteiger partial charge in [-0.15, -0.1) is 0 Å². The molecule has 4 rings (SSSR count). The first-order valence-corrected chi connectivity index (χ1v) is 8.47. The average Bonchev–Trinajstić information content (AvgIpc) is 3.04. The molecule has 25 heavy (non-hydrogen) atoms. The molecule has 0 saturated carbocycles. The van der Waals surface area contributed by atoms with E-state index in [0.29, 0.717) is 11.2 Å². The molecule has 1 aromatic heterocycles. The van der Waals surface area contributed by atoms with Crippen LogP contribution in [-0.4, -0.2) is 0 Å². The van der Waals surface area contributed by atoms with E-state index in [-0.39, 0.29) is 0 Å². The SMILES string of the molecule is CCCc1ccc(-c2ccc(-c3ccccc3)c3oc(=O)oc23)cc1. The van der Waals surface area contributed by atoms with Gasteiger partial charge < -0.3 is 8.83 Å². The normalized spacial score (nSPS) is 11.1. The largest absolute Gasteiger partial charge is 0.519 e. The minimum absolute atomic E-state index is 0.492. The van der Waals surface area contributed by atoms with Crippen LogP contribution in [0.15, 0.2) is 80.4 Å². The molecule has 0 saturated heterocycles. The van der Waals surface area contributed by atoms with E-state index in [0.717, 1.165) is 35.1 Å². The number of aryl methyl sites for hydroxylation is 1. The highest BCUT2D eigenvalue weighted by Crippen LogP contribution is 2.35. The van der Waals surface area contributed by atoms with Gasteiger partial charge in [0, 0.05) is 11.1 Å². The third-order valence-electron chi connectivity index (χ3n) is 4.37. The Morgan fingerprint density at radius 3 is 1.84 bits per heavy atom. The molecule has 3 heteroatoms. The number of hydrogen-bond acceptors (Lipinski definition) is 3. The van der Waals surface area contributed by atoms with Crippen LogP contribution in [0.5, 0.6) is 0 Å². The third kappa shape index (κ3) is 2.89. The lowest BCUT2D eigenvalue weighted by atomic mass is 9.98. The molecule has 4 aromatic rings. The molecular formula is C22H18O3. The molecule has 0 N–H and O–H groups in total. The van der Waals surface area contributed by atoms with Crippen molar-refractivity contribution in [3.63, 3.8) is 0 Å². The van der Waals surface area contributed by atoms with Gasteiger partial charge >= 0.3 is 5.82 Å². The Balaban J connectivity index is 1.88. The fraction of sp³-hybridized carbons (Fsp3) is 0.136. The fourth-order valence-electron chi connectivity index (χ4n) is 3.16. The lowest BCUT2D eigenvalue weighted by molar-refractivity contribution is 0.410. The van der Waals surface area contributed by atoms with Crippen molar-refractivity contribution in [1.29, 1.82) is 0 Å². The van der Waals surface area contributed by atoms with Crippen molar-refractivity contribution in [3.8, 4) is 22.3 Å². The van der Waals surface area contributed by atoms with Crippen molar-refractivity contribution in [3.05, 3.63) is 82.9 Å². The molecule has 0 radical (unpaired) electrons. The lowest BCUT2D eigenvalue weighted by Crippen LogP contribution is -1.86. The predicted octanol–water partition coefficient (Wildman–Crippen LogP) is 5.67. The monoisotopic (exact) mass is 330 g/mol. The quantitative estimate of drug-likeness (QED) is 0.484. The summed E-state index contributed by atoms with van der Waals surface area (Å²) in [5.41, 5.74) is 6.00. The molecule has 1 heterocycles. The summed E-state index contributed by atoms with van der Waals surface area (Å²) in [7, 11) is 0. The van der Waals surface area contributed by atoms with Crippen LogP contribution in [-0.2, 0) is 6.42 Å². The zero-order valence-corrected chi connectivity index (χ0v) is 14.0. The topological polar surface area (TPSA) is 43.4 Å². The molecule has 3 nitrogen and oxygen atoms in total. The van der Waals surface area contributed by atoms with Crippen molar-refractivity contribution in [2.45, 2.75) is 19.8 Å². The van der Waals surface area contributed by atoms with Gasteiger partial charge in [-0.05, 0) is 35.2 Å². The van der Waals surface area contributed by atoms with Crippen LogP contribution >= 0.6 is 0 Å². The van der Waals surface area contributed by atoms with Crippen LogP contribution in [0.4, 0.5) is 0 Å². The summed E-state index contributed by atoms with van der Waals surface area (Å²) in [6.45, 7) is 2.17. The molecule has 0 bridgehead atoms. The van der Waals surface area contributed by atoms with Gasteiger partial charge in [0.25, 0.3) is 0 Å². The first kappa shape index (κ1) is 15.5. The molecule has 0 aliphatic carbocycles. The number of hydrogen-bond donors (Lipinski definition) is 0. The summed E-state index contributed by atoms with van der Waals surface area (Å²) < 4.78 is 10.7. The highest BCUT2D eigenvalue weighted by Gasteiger charge is 2.16. The van der Waals surface area contributed by atoms with Crippen LogP contribution in [0.1, 0.15) is 18.9 Å². The molecule has 0 atom stereocenters. The second kappa shape index (κ2) is 6.44. The molecule has 3 aromatic carbocycles. The smallest absolute Gasteiger partial charge is 0.390 e. The molecule has 0 aliphatic rings. The van der Waals surface area contributed by atoms with E-state index in [1.54, 1.807) is 0 Å². The molecular weight excluding hydrogens is 312 g/mol. The van der Waals surface area contributed by atoms with Gasteiger partial charge in [0.1, 0.15) is 0 Å². The summed E-state index contributed by atoms with van der Waals surface area (Å²) in [5, 5.41) is 0. The Labute approximate surface area is 145 Å². The molecule has 0 amide bonds. The van der Waals surface area contributed by atoms with E-state index in [1.807, 2.05) is 42.5 Å². The maximum atomic E-state index is 11.8. The summed E-state index contributed by atoms with van der Waals surface area (Å²) in [4.78, 5) is 11.8. The minimum Gasteiger partial charge on any atom is -0.390 e. The van der Waals surface area contributed by atoms with Gasteiger partial charge in [0.05, 0.1) is 0 Å². The van der Waals surface area contributed by atoms with E-state index in [2.05, 4.69) is 31.2 Å². The lowest BCUT2D eigenvalue weighted by Gasteiger charge is -2.07. The van der Waals surface area contributed by atoms with E-state index in [9.17, 15) is 4.79 Å². The van der Waals surface area contributed by atoms with Gasteiger partial charge in [0.15, 0.2) is 11.2 Å². The van der Waals surface area contributed by atoms with Gasteiger partial charge in [-0.1, -0.05) is 67.9 Å². The maximum Gasteiger partial charge on any atom is 0.519 e. The van der Waals surface area contributed by atoms with Gasteiger partial charge in [-0.3, -0.25) is 0 Å². The number of fused-ring (bicyclic) bond motifs is 1. The van der Waals surface area contributed by atoms with Crippen molar-refractivity contribution < 1.29 is 8.83 Å². The standard InChI is InChI=1S/C22H18O3/c1-2-6-15-9-11-17(12-10-15)19-14-13-18(16-7-4-3-5-8-16)20-21(19)25-22(23)24-20/h3-5,7-14H,2,6H2,1H3. The van der Waals surface area contributed by atoms with Gasteiger partial charge in [-0.2, -0.15) is 0 Å². The van der Waals surface area contributed by atoms with Crippen LogP contribution in [0.25, 0.3) is 33.4 Å². The second-order valence-electron chi connectivity index (χ2n) is 6.09. The zero-order chi connectivity index (χ0) is 17.2. The summed E-state index contributed by atoms with van der Waals surface area (Å²) in [6.07, 6.45) is 2.18. The highest BCUT2D eigenvalue weighted by molar-refractivity contribution is 5.98. The van der Waals surface area contributed by atoms with Crippen LogP contribution in [0, 0.1) is 0 Å². The first-order chi connectivity index (χ1) is 12.3. The van der Waals surface area contributed by atoms with Crippen LogP contribution in [0.3, 0.4) is 0 Å². The number of rotatable bonds is 4. The first-order valence-electron chi connectivity index (χ1n) is 8.47. The molecule has 0 fully saturated rings. The summed E-state index contributed by atoms with van der Waals surface area (Å²) in [5.74, 6) is -0.678. The van der Waals surface area contributed by atoms with E-state index >= 15 is 0 Å². The van der Waals surface area contributed by atoms with Crippen molar-refractivity contribution in [2.75, 3.05) is 0 Å². The zero-order valence-electron chi connectivity index (χ0n) is 14.0. The van der Waals surface area contributed by atoms with Crippen molar-refractivity contribution in [2.24, 2.45) is 0 Å². The van der Waals surface area contributed by atoms with Crippen LogP contribution < -0.4 is 5.82 Å². The minimum atomic E-state index is -0.678. The van der Waals surface area contributed by atoms with Crippen molar-refractivity contribution >= 4 is 11.2 Å². The second-order valence-corrected chi connectivity index (χ2v) is 6.09. The fourth-order valence-corrected chi connectivity index (χ4v) is 3.16. The Kier molecular flexibility index (Phi) is 3.98. The maximum absolute atomic E-state index is 11.8. The Bertz CT molecular complexity index is 1050. The summed E-state index contributed by atoms with van der Waals surface area (Å²) >= 11 is 0. The van der Waals surface area contributed by atoms with Crippen LogP contribution in [0.2, 0.25) is 0 Å². The van der Waals surface area contributed by atoms with E-state index < -0.39 is 5.82 Å². The Hall–Kier alpha value is -3.07. The van der Waals surface area contributed by atoms with E-state index in [4.69, 9.17) is 8.83 Å². The summed E-state index contributed by atoms with van der Waals surface area (Å²) in [6, 6.07) is 22.2. The molecule has 0 spiro atoms. The average molecular weight is 330 g/mol. The Morgan fingerprint density at radius 1 is 0.720 bits per heavy atom. The van der Waals surface area contributed by atoms with Gasteiger partial charge in [-0.25, -0.2) is 4.79 Å². The van der Waals surface area contributed by atoms with E-state index in [1.165, 1.54) is 5.56 Å². The van der Waals surface area contributed by atoms with Gasteiger partial charge in [0.2, 0.25) is 0 Å². The Morgan fingerprint density at radius 2 is 1.28 bits per heavy atom. The predicted molar refractivity (Wildman–Crippen MR) is 99.6 cm³/mol. The molecule has 0 aliphatic heterocycles.